The zero-order valence-electron chi connectivity index (χ0n) is 16.3. The van der Waals surface area contributed by atoms with Crippen LogP contribution in [0.4, 0.5) is 0 Å². The van der Waals surface area contributed by atoms with E-state index >= 15 is 0 Å². The van der Waals surface area contributed by atoms with E-state index < -0.39 is 5.54 Å². The molecular weight excluding hydrogens is 348 g/mol. The van der Waals surface area contributed by atoms with Crippen molar-refractivity contribution in [3.63, 3.8) is 0 Å². The van der Waals surface area contributed by atoms with Crippen LogP contribution < -0.4 is 5.43 Å². The van der Waals surface area contributed by atoms with Crippen molar-refractivity contribution in [1.82, 2.24) is 10.4 Å². The highest BCUT2D eigenvalue weighted by Crippen LogP contribution is 2.20. The Morgan fingerprint density at radius 1 is 0.679 bits per heavy atom. The van der Waals surface area contributed by atoms with Crippen LogP contribution in [0.2, 0.25) is 0 Å². The molecule has 0 fully saturated rings. The molecule has 0 unspecified atom stereocenters. The van der Waals surface area contributed by atoms with E-state index in [0.717, 1.165) is 11.1 Å². The number of carbonyl (C=O) groups excluding carboxylic acids is 2. The first-order valence-electron chi connectivity index (χ1n) is 9.22. The summed E-state index contributed by atoms with van der Waals surface area (Å²) in [6, 6.07) is 26.3. The number of benzene rings is 3. The van der Waals surface area contributed by atoms with E-state index in [2.05, 4.69) is 5.43 Å². The van der Waals surface area contributed by atoms with Gasteiger partial charge in [-0.15, -0.1) is 0 Å². The van der Waals surface area contributed by atoms with E-state index in [1.807, 2.05) is 69.3 Å². The minimum atomic E-state index is -0.577. The van der Waals surface area contributed by atoms with E-state index in [0.29, 0.717) is 11.1 Å². The maximum atomic E-state index is 12.9. The lowest BCUT2D eigenvalue weighted by atomic mass is 10.0. The Morgan fingerprint density at radius 3 is 1.71 bits per heavy atom. The Kier molecular flexibility index (Phi) is 5.59. The van der Waals surface area contributed by atoms with Gasteiger partial charge in [-0.1, -0.05) is 60.7 Å². The minimum Gasteiger partial charge on any atom is -0.267 e. The molecular formula is C24H24N2O2. The predicted octanol–water partition coefficient (Wildman–Crippen LogP) is 4.94. The fraction of sp³-hybridized carbons (Fsp3) is 0.167. The molecule has 0 saturated heterocycles. The molecule has 3 aromatic carbocycles. The lowest BCUT2D eigenvalue weighted by Gasteiger charge is -2.35. The monoisotopic (exact) mass is 372 g/mol. The molecule has 3 rings (SSSR count). The van der Waals surface area contributed by atoms with Gasteiger partial charge in [0.25, 0.3) is 11.8 Å². The molecule has 0 aliphatic rings. The first-order chi connectivity index (χ1) is 13.4. The summed E-state index contributed by atoms with van der Waals surface area (Å²) in [6.07, 6.45) is 0. The van der Waals surface area contributed by atoms with Crippen LogP contribution in [0, 0.1) is 0 Å². The normalized spacial score (nSPS) is 11.0. The third-order valence-electron chi connectivity index (χ3n) is 4.36. The highest BCUT2D eigenvalue weighted by atomic mass is 16.2. The maximum absolute atomic E-state index is 12.9. The molecule has 1 N–H and O–H groups in total. The van der Waals surface area contributed by atoms with Crippen molar-refractivity contribution in [2.45, 2.75) is 26.3 Å². The second kappa shape index (κ2) is 8.09. The van der Waals surface area contributed by atoms with E-state index in [1.165, 1.54) is 5.01 Å². The summed E-state index contributed by atoms with van der Waals surface area (Å²) in [7, 11) is 0. The second-order valence-corrected chi connectivity index (χ2v) is 7.56. The van der Waals surface area contributed by atoms with Crippen molar-refractivity contribution >= 4 is 11.8 Å². The molecule has 28 heavy (non-hydrogen) atoms. The molecule has 0 heterocycles. The Hall–Kier alpha value is -3.40. The number of nitrogens with one attached hydrogen (secondary N) is 1. The van der Waals surface area contributed by atoms with Gasteiger partial charge in [-0.3, -0.25) is 15.0 Å². The summed E-state index contributed by atoms with van der Waals surface area (Å²) in [5, 5.41) is 1.38. The zero-order valence-corrected chi connectivity index (χ0v) is 16.3. The Labute approximate surface area is 165 Å². The van der Waals surface area contributed by atoms with Crippen LogP contribution in [0.5, 0.6) is 0 Å². The first-order valence-corrected chi connectivity index (χ1v) is 9.22. The van der Waals surface area contributed by atoms with E-state index in [-0.39, 0.29) is 11.8 Å². The smallest absolute Gasteiger partial charge is 0.267 e. The lowest BCUT2D eigenvalue weighted by molar-refractivity contribution is 0.0358. The molecule has 0 spiro atoms. The topological polar surface area (TPSA) is 49.4 Å². The van der Waals surface area contributed by atoms with Crippen LogP contribution in [0.25, 0.3) is 11.1 Å². The van der Waals surface area contributed by atoms with Crippen molar-refractivity contribution in [3.8, 4) is 11.1 Å². The number of hydrogen-bond acceptors (Lipinski definition) is 2. The summed E-state index contributed by atoms with van der Waals surface area (Å²) < 4.78 is 0. The molecule has 142 valence electrons. The zero-order chi connectivity index (χ0) is 20.1. The van der Waals surface area contributed by atoms with Gasteiger partial charge in [0.1, 0.15) is 0 Å². The average molecular weight is 372 g/mol. The number of hydrogen-bond donors (Lipinski definition) is 1. The van der Waals surface area contributed by atoms with Crippen LogP contribution in [-0.4, -0.2) is 22.4 Å². The third kappa shape index (κ3) is 4.46. The van der Waals surface area contributed by atoms with Crippen molar-refractivity contribution in [3.05, 3.63) is 96.1 Å². The van der Waals surface area contributed by atoms with E-state index in [4.69, 9.17) is 0 Å². The van der Waals surface area contributed by atoms with E-state index in [1.54, 1.807) is 36.4 Å². The standard InChI is InChI=1S/C24H24N2O2/c1-24(2,3)26(23(28)21-12-8-5-9-13-21)25-22(27)20-16-14-19(15-17-20)18-10-6-4-7-11-18/h4-17H,1-3H3,(H,25,27). The number of nitrogens with zero attached hydrogens (tertiary/aromatic N) is 1. The summed E-state index contributed by atoms with van der Waals surface area (Å²) in [5.74, 6) is -0.568. The van der Waals surface area contributed by atoms with Gasteiger partial charge in [-0.05, 0) is 56.2 Å². The number of hydrazine groups is 1. The van der Waals surface area contributed by atoms with Gasteiger partial charge in [0, 0.05) is 11.1 Å². The Balaban J connectivity index is 1.80. The van der Waals surface area contributed by atoms with Crippen molar-refractivity contribution in [2.24, 2.45) is 0 Å². The van der Waals surface area contributed by atoms with Gasteiger partial charge in [-0.2, -0.15) is 0 Å². The summed E-state index contributed by atoms with van der Waals surface area (Å²) in [6.45, 7) is 5.64. The molecule has 0 radical (unpaired) electrons. The van der Waals surface area contributed by atoms with Crippen LogP contribution in [0.3, 0.4) is 0 Å². The van der Waals surface area contributed by atoms with Crippen LogP contribution in [-0.2, 0) is 0 Å². The van der Waals surface area contributed by atoms with Crippen molar-refractivity contribution in [1.29, 1.82) is 0 Å². The fourth-order valence-electron chi connectivity index (χ4n) is 2.84. The summed E-state index contributed by atoms with van der Waals surface area (Å²) >= 11 is 0. The molecule has 0 aromatic heterocycles. The molecule has 0 atom stereocenters. The van der Waals surface area contributed by atoms with Crippen molar-refractivity contribution < 1.29 is 9.59 Å². The van der Waals surface area contributed by atoms with Crippen LogP contribution in [0.1, 0.15) is 41.5 Å². The summed E-state index contributed by atoms with van der Waals surface area (Å²) in [4.78, 5) is 25.7. The third-order valence-corrected chi connectivity index (χ3v) is 4.36. The van der Waals surface area contributed by atoms with Crippen molar-refractivity contribution in [2.75, 3.05) is 0 Å². The van der Waals surface area contributed by atoms with E-state index in [9.17, 15) is 9.59 Å². The molecule has 0 aliphatic carbocycles. The van der Waals surface area contributed by atoms with Gasteiger partial charge in [0.05, 0.1) is 5.54 Å². The fourth-order valence-corrected chi connectivity index (χ4v) is 2.84. The highest BCUT2D eigenvalue weighted by Gasteiger charge is 2.29. The van der Waals surface area contributed by atoms with Gasteiger partial charge in [-0.25, -0.2) is 5.01 Å². The quantitative estimate of drug-likeness (QED) is 0.662. The Bertz CT molecular complexity index is 943. The Morgan fingerprint density at radius 2 is 1.18 bits per heavy atom. The van der Waals surface area contributed by atoms with Gasteiger partial charge in [0.2, 0.25) is 0 Å². The number of rotatable bonds is 3. The molecule has 0 bridgehead atoms. The molecule has 4 heteroatoms. The minimum absolute atomic E-state index is 0.248. The lowest BCUT2D eigenvalue weighted by Crippen LogP contribution is -2.55. The highest BCUT2D eigenvalue weighted by molar-refractivity contribution is 5.99. The summed E-state index contributed by atoms with van der Waals surface area (Å²) in [5.41, 5.74) is 5.34. The number of carbonyl (C=O) groups is 2. The average Bonchev–Trinajstić information content (AvgIpc) is 2.72. The van der Waals surface area contributed by atoms with Gasteiger partial charge < -0.3 is 0 Å². The molecule has 0 aliphatic heterocycles. The van der Waals surface area contributed by atoms with Crippen LogP contribution >= 0.6 is 0 Å². The number of amides is 2. The second-order valence-electron chi connectivity index (χ2n) is 7.56. The largest absolute Gasteiger partial charge is 0.272 e. The SMILES string of the molecule is CC(C)(C)N(NC(=O)c1ccc(-c2ccccc2)cc1)C(=O)c1ccccc1. The molecule has 0 saturated carbocycles. The molecule has 2 amide bonds. The van der Waals surface area contributed by atoms with Gasteiger partial charge in [0.15, 0.2) is 0 Å². The molecule has 3 aromatic rings. The van der Waals surface area contributed by atoms with Gasteiger partial charge >= 0.3 is 0 Å². The maximum Gasteiger partial charge on any atom is 0.272 e. The first kappa shape index (κ1) is 19.4. The van der Waals surface area contributed by atoms with Crippen LogP contribution in [0.15, 0.2) is 84.9 Å². The predicted molar refractivity (Wildman–Crippen MR) is 112 cm³/mol. The molecule has 4 nitrogen and oxygen atoms in total.